The van der Waals surface area contributed by atoms with Crippen molar-refractivity contribution in [3.05, 3.63) is 42.5 Å². The number of hydrogen-bond donors (Lipinski definition) is 8. The smallest absolute Gasteiger partial charge is 0.315 e. The maximum absolute atomic E-state index is 13.9. The molecule has 1 aliphatic heterocycles. The van der Waals surface area contributed by atoms with E-state index in [4.69, 9.17) is 34.8 Å². The number of anilines is 1. The number of fused-ring (bicyclic) bond motifs is 1. The van der Waals surface area contributed by atoms with Gasteiger partial charge >= 0.3 is 12.1 Å². The third-order valence-electron chi connectivity index (χ3n) is 10.0. The van der Waals surface area contributed by atoms with Gasteiger partial charge in [-0.2, -0.15) is 0 Å². The summed E-state index contributed by atoms with van der Waals surface area (Å²) in [4.78, 5) is 65.4. The second-order valence-electron chi connectivity index (χ2n) is 15.1. The van der Waals surface area contributed by atoms with Gasteiger partial charge < -0.3 is 75.4 Å². The highest BCUT2D eigenvalue weighted by Crippen LogP contribution is 2.32. The first-order chi connectivity index (χ1) is 32.1. The van der Waals surface area contributed by atoms with Crippen LogP contribution < -0.4 is 41.5 Å². The predicted octanol–water partition coefficient (Wildman–Crippen LogP) is -0.778. The Balaban J connectivity index is 1.09. The van der Waals surface area contributed by atoms with E-state index in [9.17, 15) is 29.4 Å². The van der Waals surface area contributed by atoms with Gasteiger partial charge in [-0.3, -0.25) is 14.2 Å². The first kappa shape index (κ1) is 52.8. The van der Waals surface area contributed by atoms with Crippen LogP contribution in [0.3, 0.4) is 0 Å². The fourth-order valence-electron chi connectivity index (χ4n) is 6.62. The number of hydrogen-bond acceptors (Lipinski definition) is 16. The van der Waals surface area contributed by atoms with Crippen molar-refractivity contribution in [2.45, 2.75) is 62.6 Å². The summed E-state index contributed by atoms with van der Waals surface area (Å²) >= 11 is 0. The highest BCUT2D eigenvalue weighted by atomic mass is 16.5. The number of unbranched alkanes of at least 4 members (excludes halogenated alkanes) is 2. The molecule has 3 aromatic rings. The van der Waals surface area contributed by atoms with E-state index in [1.54, 1.807) is 29.2 Å². The number of terminal acetylenes is 1. The summed E-state index contributed by atoms with van der Waals surface area (Å²) in [5, 5.41) is 38.0. The zero-order valence-corrected chi connectivity index (χ0v) is 37.9. The second-order valence-corrected chi connectivity index (χ2v) is 15.1. The summed E-state index contributed by atoms with van der Waals surface area (Å²) < 4.78 is 34.7. The van der Waals surface area contributed by atoms with Gasteiger partial charge in [0, 0.05) is 59.5 Å². The number of ether oxygens (including phenoxy) is 6. The van der Waals surface area contributed by atoms with Crippen LogP contribution in [-0.2, 0) is 39.7 Å². The quantitative estimate of drug-likeness (QED) is 0.0290. The van der Waals surface area contributed by atoms with Crippen molar-refractivity contribution in [2.24, 2.45) is 0 Å². The fourth-order valence-corrected chi connectivity index (χ4v) is 6.62. The van der Waals surface area contributed by atoms with Crippen molar-refractivity contribution >= 4 is 40.9 Å². The Morgan fingerprint density at radius 3 is 2.03 bits per heavy atom. The summed E-state index contributed by atoms with van der Waals surface area (Å²) in [6, 6.07) is 3.86. The van der Waals surface area contributed by atoms with E-state index in [-0.39, 0.29) is 57.9 Å². The molecule has 0 saturated carbocycles. The maximum Gasteiger partial charge on any atom is 0.315 e. The molecule has 5 atom stereocenters. The monoisotopic (exact) mass is 927 g/mol. The molecule has 0 spiro atoms. The van der Waals surface area contributed by atoms with E-state index in [2.05, 4.69) is 52.8 Å². The zero-order chi connectivity index (χ0) is 47.5. The van der Waals surface area contributed by atoms with Crippen LogP contribution in [0.2, 0.25) is 0 Å². The molecule has 2 aromatic heterocycles. The molecule has 1 aliphatic rings. The predicted molar refractivity (Wildman–Crippen MR) is 241 cm³/mol. The summed E-state index contributed by atoms with van der Waals surface area (Å²) in [6.45, 7) is 2.93. The molecule has 23 heteroatoms. The first-order valence-corrected chi connectivity index (χ1v) is 21.9. The summed E-state index contributed by atoms with van der Waals surface area (Å²) in [6.07, 6.45) is 7.46. The van der Waals surface area contributed by atoms with E-state index in [1.807, 2.05) is 14.1 Å². The number of imidazole rings is 1. The molecular formula is C43H65N11O12. The third kappa shape index (κ3) is 17.8. The van der Waals surface area contributed by atoms with Crippen molar-refractivity contribution in [3.63, 3.8) is 0 Å². The fraction of sp³-hybridized carbons (Fsp3) is 0.605. The number of benzene rings is 1. The number of nitrogens with zero attached hydrogens (tertiary/aromatic N) is 5. The second kappa shape index (κ2) is 29.6. The molecule has 4 rings (SSSR count). The molecule has 0 unspecified atom stereocenters. The number of rotatable bonds is 31. The number of amides is 6. The number of nitrogens with one attached hydrogen (secondary N) is 6. The average molecular weight is 928 g/mol. The van der Waals surface area contributed by atoms with Crippen molar-refractivity contribution in [1.82, 2.24) is 51.4 Å². The molecule has 0 aliphatic carbocycles. The SMILES string of the molecule is C#CCCCCC(=O)NCCOCCOCCNC(=O)NCCOCCOCCNC(=O)N[C@@H](Cc1ccc(OC)cc1)C(=O)N[C@H]1[C@@H](O)[C@H](n2cnc3c(N(C)C)ncnc32)O[C@@H]1CO. The Kier molecular flexibility index (Phi) is 23.7. The van der Waals surface area contributed by atoms with Crippen LogP contribution >= 0.6 is 0 Å². The first-order valence-electron chi connectivity index (χ1n) is 21.9. The molecule has 66 heavy (non-hydrogen) atoms. The number of methoxy groups -OCH3 is 1. The normalized spacial score (nSPS) is 17.1. The number of carbonyl (C=O) groups is 4. The lowest BCUT2D eigenvalue weighted by Gasteiger charge is -2.25. The Hall–Kier alpha value is -5.87. The minimum atomic E-state index is -1.33. The Labute approximate surface area is 384 Å². The molecule has 1 fully saturated rings. The van der Waals surface area contributed by atoms with Crippen molar-refractivity contribution in [2.75, 3.05) is 112 Å². The Bertz CT molecular complexity index is 1970. The Morgan fingerprint density at radius 1 is 0.848 bits per heavy atom. The van der Waals surface area contributed by atoms with Gasteiger partial charge in [0.05, 0.1) is 78.9 Å². The lowest BCUT2D eigenvalue weighted by molar-refractivity contribution is -0.124. The van der Waals surface area contributed by atoms with Crippen LogP contribution in [0.25, 0.3) is 11.2 Å². The largest absolute Gasteiger partial charge is 0.497 e. The van der Waals surface area contributed by atoms with E-state index in [0.29, 0.717) is 75.1 Å². The molecule has 1 saturated heterocycles. The lowest BCUT2D eigenvalue weighted by atomic mass is 10.0. The van der Waals surface area contributed by atoms with E-state index in [0.717, 1.165) is 18.4 Å². The van der Waals surface area contributed by atoms with Gasteiger partial charge in [0.15, 0.2) is 23.2 Å². The van der Waals surface area contributed by atoms with Crippen molar-refractivity contribution in [1.29, 1.82) is 0 Å². The highest BCUT2D eigenvalue weighted by molar-refractivity contribution is 5.87. The van der Waals surface area contributed by atoms with Crippen LogP contribution in [-0.4, -0.2) is 185 Å². The van der Waals surface area contributed by atoms with Crippen LogP contribution in [0.1, 0.15) is 37.5 Å². The topological polar surface area (TPSA) is 283 Å². The maximum atomic E-state index is 13.9. The van der Waals surface area contributed by atoms with Gasteiger partial charge in [0.2, 0.25) is 11.8 Å². The number of aromatic nitrogens is 4. The van der Waals surface area contributed by atoms with Crippen LogP contribution in [0.15, 0.2) is 36.9 Å². The third-order valence-corrected chi connectivity index (χ3v) is 10.0. The minimum absolute atomic E-state index is 0.0208. The van der Waals surface area contributed by atoms with Crippen LogP contribution in [0.5, 0.6) is 5.75 Å². The minimum Gasteiger partial charge on any atom is -0.497 e. The van der Waals surface area contributed by atoms with E-state index in [1.165, 1.54) is 24.3 Å². The molecular weight excluding hydrogens is 863 g/mol. The van der Waals surface area contributed by atoms with Gasteiger partial charge in [0.25, 0.3) is 0 Å². The number of carbonyl (C=O) groups excluding carboxylic acids is 4. The molecule has 0 bridgehead atoms. The molecule has 6 amide bonds. The van der Waals surface area contributed by atoms with Gasteiger partial charge in [-0.05, 0) is 30.5 Å². The van der Waals surface area contributed by atoms with Gasteiger partial charge in [-0.25, -0.2) is 24.5 Å². The summed E-state index contributed by atoms with van der Waals surface area (Å²) in [7, 11) is 5.16. The lowest BCUT2D eigenvalue weighted by Crippen LogP contribution is -2.57. The van der Waals surface area contributed by atoms with Gasteiger partial charge in [-0.1, -0.05) is 12.1 Å². The van der Waals surface area contributed by atoms with Crippen molar-refractivity contribution < 1.29 is 57.8 Å². The standard InChI is InChI=1S/C43H65N11O12/c1-5-6-7-8-9-34(56)44-14-18-62-22-23-63-19-15-45-42(59)46-16-20-64-24-25-65-21-17-47-43(60)51-32(26-30-10-12-31(61-4)13-11-30)40(58)52-35-33(27-55)66-41(37(35)57)54-29-50-36-38(53(2)3)48-28-49-39(36)54/h1,10-13,28-29,32-33,35,37,41,55,57H,6-9,14-27H2,2-4H3,(H,44,56)(H,52,58)(H2,45,46,59)(H2,47,51,60)/t32-,33+,35+,37+,41+/m0/s1. The number of urea groups is 2. The van der Waals surface area contributed by atoms with Crippen LogP contribution in [0, 0.1) is 12.3 Å². The van der Waals surface area contributed by atoms with Crippen LogP contribution in [0.4, 0.5) is 15.4 Å². The average Bonchev–Trinajstić information content (AvgIpc) is 3.88. The molecule has 8 N–H and O–H groups in total. The Morgan fingerprint density at radius 2 is 1.45 bits per heavy atom. The van der Waals surface area contributed by atoms with Gasteiger partial charge in [-0.15, -0.1) is 12.3 Å². The number of aliphatic hydroxyl groups excluding tert-OH is 2. The highest BCUT2D eigenvalue weighted by Gasteiger charge is 2.46. The summed E-state index contributed by atoms with van der Waals surface area (Å²) in [5.74, 6) is 3.09. The van der Waals surface area contributed by atoms with E-state index >= 15 is 0 Å². The van der Waals surface area contributed by atoms with Crippen molar-refractivity contribution in [3.8, 4) is 18.1 Å². The van der Waals surface area contributed by atoms with E-state index < -0.39 is 49.1 Å². The molecule has 364 valence electrons. The number of aliphatic hydroxyl groups is 2. The molecule has 23 nitrogen and oxygen atoms in total. The zero-order valence-electron chi connectivity index (χ0n) is 37.9. The molecule has 1 aromatic carbocycles. The molecule has 3 heterocycles. The van der Waals surface area contributed by atoms with Gasteiger partial charge in [0.1, 0.15) is 30.3 Å². The molecule has 0 radical (unpaired) electrons. The summed E-state index contributed by atoms with van der Waals surface area (Å²) in [5.41, 5.74) is 1.59.